The van der Waals surface area contributed by atoms with Gasteiger partial charge in [0.15, 0.2) is 11.6 Å². The van der Waals surface area contributed by atoms with Crippen molar-refractivity contribution >= 4 is 27.1 Å². The molecule has 2 rings (SSSR count). The molecule has 1 heterocycles. The summed E-state index contributed by atoms with van der Waals surface area (Å²) in [6, 6.07) is 0.679. The van der Waals surface area contributed by atoms with E-state index >= 15 is 0 Å². The third-order valence-electron chi connectivity index (χ3n) is 4.10. The van der Waals surface area contributed by atoms with Crippen molar-refractivity contribution in [3.63, 3.8) is 0 Å². The fraction of sp³-hybridized carbons (Fsp3) is 0.500. The first-order valence-corrected chi connectivity index (χ1v) is 10.5. The van der Waals surface area contributed by atoms with E-state index in [1.165, 1.54) is 19.2 Å². The Morgan fingerprint density at radius 3 is 2.48 bits per heavy atom. The molecule has 0 saturated carbocycles. The Morgan fingerprint density at radius 1 is 1.31 bits per heavy atom. The Balaban J connectivity index is 2.49. The molecule has 1 aromatic carbocycles. The number of fused-ring (bicyclic) bond motifs is 1. The van der Waals surface area contributed by atoms with E-state index < -0.39 is 51.7 Å². The zero-order chi connectivity index (χ0) is 22.2. The van der Waals surface area contributed by atoms with Gasteiger partial charge in [0, 0.05) is 17.1 Å². The van der Waals surface area contributed by atoms with E-state index in [9.17, 15) is 27.1 Å². The van der Waals surface area contributed by atoms with Crippen molar-refractivity contribution in [2.24, 2.45) is 0 Å². The first kappa shape index (κ1) is 23.0. The summed E-state index contributed by atoms with van der Waals surface area (Å²) >= 11 is 0. The zero-order valence-electron chi connectivity index (χ0n) is 16.7. The van der Waals surface area contributed by atoms with Gasteiger partial charge in [-0.1, -0.05) is 0 Å². The molecule has 1 amide bonds. The summed E-state index contributed by atoms with van der Waals surface area (Å²) in [5.41, 5.74) is -2.95. The summed E-state index contributed by atoms with van der Waals surface area (Å²) in [5.74, 6) is -2.32. The molecule has 1 unspecified atom stereocenters. The van der Waals surface area contributed by atoms with Crippen LogP contribution in [-0.2, 0) is 24.6 Å². The standard InChI is InChI=1S/C18H24F2N2O6S/c1-17(2,3)28-16(23)22-13(9-27-29(5,25)26)18(4,24)11-8-12(19)14(20)10-6-7-21-15(10)11/h6-8,13,21,24H,9H2,1-5H3,(H,22,23)/t13-,18?/m1/s1. The number of nitrogens with one attached hydrogen (secondary N) is 2. The molecular weight excluding hydrogens is 410 g/mol. The maximum absolute atomic E-state index is 14.1. The van der Waals surface area contributed by atoms with E-state index in [0.717, 1.165) is 12.3 Å². The van der Waals surface area contributed by atoms with Crippen molar-refractivity contribution < 1.29 is 36.0 Å². The van der Waals surface area contributed by atoms with Crippen molar-refractivity contribution in [1.82, 2.24) is 10.3 Å². The molecule has 0 radical (unpaired) electrons. The molecule has 0 fully saturated rings. The highest BCUT2D eigenvalue weighted by Gasteiger charge is 2.39. The maximum atomic E-state index is 14.1. The Labute approximate surface area is 167 Å². The average Bonchev–Trinajstić information content (AvgIpc) is 3.01. The van der Waals surface area contributed by atoms with E-state index in [2.05, 4.69) is 10.3 Å². The molecule has 2 aromatic rings. The lowest BCUT2D eigenvalue weighted by atomic mass is 9.87. The van der Waals surface area contributed by atoms with E-state index in [1.807, 2.05) is 0 Å². The minimum absolute atomic E-state index is 0.0873. The smallest absolute Gasteiger partial charge is 0.408 e. The number of ether oxygens (including phenoxy) is 1. The van der Waals surface area contributed by atoms with E-state index in [4.69, 9.17) is 8.92 Å². The second-order valence-corrected chi connectivity index (χ2v) is 9.47. The van der Waals surface area contributed by atoms with Crippen molar-refractivity contribution in [2.45, 2.75) is 44.9 Å². The van der Waals surface area contributed by atoms with Crippen molar-refractivity contribution in [3.8, 4) is 0 Å². The van der Waals surface area contributed by atoms with Gasteiger partial charge in [0.2, 0.25) is 0 Å². The van der Waals surface area contributed by atoms with Gasteiger partial charge in [0.25, 0.3) is 10.1 Å². The second-order valence-electron chi connectivity index (χ2n) is 7.82. The highest BCUT2D eigenvalue weighted by molar-refractivity contribution is 7.85. The number of halogens is 2. The van der Waals surface area contributed by atoms with Crippen LogP contribution in [0.4, 0.5) is 13.6 Å². The number of amides is 1. The fourth-order valence-corrected chi connectivity index (χ4v) is 3.12. The monoisotopic (exact) mass is 434 g/mol. The number of rotatable bonds is 6. The van der Waals surface area contributed by atoms with Crippen molar-refractivity contribution in [3.05, 3.63) is 35.5 Å². The Bertz CT molecular complexity index is 1010. The van der Waals surface area contributed by atoms with Gasteiger partial charge in [0.05, 0.1) is 24.4 Å². The molecule has 2 atom stereocenters. The van der Waals surface area contributed by atoms with Gasteiger partial charge in [-0.2, -0.15) is 8.42 Å². The number of carbonyl (C=O) groups excluding carboxylic acids is 1. The molecule has 0 spiro atoms. The van der Waals surface area contributed by atoms with Gasteiger partial charge >= 0.3 is 6.09 Å². The number of carbonyl (C=O) groups is 1. The average molecular weight is 434 g/mol. The molecule has 162 valence electrons. The Kier molecular flexibility index (Phi) is 6.26. The third-order valence-corrected chi connectivity index (χ3v) is 4.66. The quantitative estimate of drug-likeness (QED) is 0.602. The number of aliphatic hydroxyl groups is 1. The Hall–Kier alpha value is -2.24. The maximum Gasteiger partial charge on any atom is 0.408 e. The van der Waals surface area contributed by atoms with Crippen LogP contribution in [0.5, 0.6) is 0 Å². The highest BCUT2D eigenvalue weighted by Crippen LogP contribution is 2.33. The minimum Gasteiger partial charge on any atom is -0.444 e. The topological polar surface area (TPSA) is 118 Å². The third kappa shape index (κ3) is 5.64. The summed E-state index contributed by atoms with van der Waals surface area (Å²) < 4.78 is 60.9. The van der Waals surface area contributed by atoms with Crippen LogP contribution in [0.25, 0.3) is 10.9 Å². The van der Waals surface area contributed by atoms with Crippen molar-refractivity contribution in [1.29, 1.82) is 0 Å². The highest BCUT2D eigenvalue weighted by atomic mass is 32.2. The van der Waals surface area contributed by atoms with E-state index in [1.54, 1.807) is 20.8 Å². The summed E-state index contributed by atoms with van der Waals surface area (Å²) in [5, 5.41) is 13.4. The number of benzene rings is 1. The van der Waals surface area contributed by atoms with Crippen LogP contribution in [0.1, 0.15) is 33.3 Å². The molecule has 0 aliphatic carbocycles. The molecule has 3 N–H and O–H groups in total. The second kappa shape index (κ2) is 7.88. The number of aromatic nitrogens is 1. The van der Waals surface area contributed by atoms with Gasteiger partial charge in [-0.25, -0.2) is 13.6 Å². The van der Waals surface area contributed by atoms with E-state index in [-0.39, 0.29) is 16.5 Å². The lowest BCUT2D eigenvalue weighted by Gasteiger charge is -2.34. The molecule has 0 bridgehead atoms. The first-order chi connectivity index (χ1) is 13.1. The van der Waals surface area contributed by atoms with Gasteiger partial charge < -0.3 is 20.1 Å². The van der Waals surface area contributed by atoms with Gasteiger partial charge in [-0.15, -0.1) is 0 Å². The van der Waals surface area contributed by atoms with Crippen LogP contribution in [0.3, 0.4) is 0 Å². The number of aromatic amines is 1. The molecular formula is C18H24F2N2O6S. The van der Waals surface area contributed by atoms with Crippen molar-refractivity contribution in [2.75, 3.05) is 12.9 Å². The SMILES string of the molecule is CC(C)(C)OC(=O)N[C@H](COS(C)(=O)=O)C(C)(O)c1cc(F)c(F)c2cc[nH]c12. The largest absolute Gasteiger partial charge is 0.444 e. The van der Waals surface area contributed by atoms with Crippen LogP contribution < -0.4 is 5.32 Å². The molecule has 0 aliphatic rings. The summed E-state index contributed by atoms with van der Waals surface area (Å²) in [4.78, 5) is 14.9. The number of H-pyrrole nitrogens is 1. The lowest BCUT2D eigenvalue weighted by molar-refractivity contribution is -0.00951. The normalized spacial score (nSPS) is 15.7. The molecule has 0 aliphatic heterocycles. The van der Waals surface area contributed by atoms with Gasteiger partial charge in [0.1, 0.15) is 11.2 Å². The number of hydrogen-bond donors (Lipinski definition) is 3. The number of hydrogen-bond acceptors (Lipinski definition) is 6. The van der Waals surface area contributed by atoms with Crippen LogP contribution in [-0.4, -0.2) is 49.1 Å². The fourth-order valence-electron chi connectivity index (χ4n) is 2.74. The zero-order valence-corrected chi connectivity index (χ0v) is 17.5. The molecule has 0 saturated heterocycles. The molecule has 1 aromatic heterocycles. The Morgan fingerprint density at radius 2 is 1.93 bits per heavy atom. The minimum atomic E-state index is -3.92. The summed E-state index contributed by atoms with van der Waals surface area (Å²) in [6.45, 7) is 5.39. The van der Waals surface area contributed by atoms with Gasteiger partial charge in [-0.3, -0.25) is 4.18 Å². The van der Waals surface area contributed by atoms with Crippen LogP contribution >= 0.6 is 0 Å². The summed E-state index contributed by atoms with van der Waals surface area (Å²) in [6.07, 6.45) is 1.20. The predicted octanol–water partition coefficient (Wildman–Crippen LogP) is 2.52. The molecule has 11 heteroatoms. The van der Waals surface area contributed by atoms with Crippen LogP contribution in [0, 0.1) is 11.6 Å². The number of alkyl carbamates (subject to hydrolysis) is 1. The van der Waals surface area contributed by atoms with Crippen LogP contribution in [0.2, 0.25) is 0 Å². The summed E-state index contributed by atoms with van der Waals surface area (Å²) in [7, 11) is -3.92. The van der Waals surface area contributed by atoms with Crippen LogP contribution in [0.15, 0.2) is 18.3 Å². The van der Waals surface area contributed by atoms with Gasteiger partial charge in [-0.05, 0) is 39.8 Å². The molecule has 8 nitrogen and oxygen atoms in total. The van der Waals surface area contributed by atoms with E-state index in [0.29, 0.717) is 0 Å². The molecule has 29 heavy (non-hydrogen) atoms. The first-order valence-electron chi connectivity index (χ1n) is 8.63. The lowest BCUT2D eigenvalue weighted by Crippen LogP contribution is -2.53. The predicted molar refractivity (Wildman–Crippen MR) is 102 cm³/mol.